The van der Waals surface area contributed by atoms with Gasteiger partial charge in [0.15, 0.2) is 5.78 Å². The molecule has 1 heterocycles. The Kier molecular flexibility index (Phi) is 5.81. The van der Waals surface area contributed by atoms with E-state index in [0.717, 1.165) is 5.56 Å². The maximum Gasteiger partial charge on any atom is 0.225 e. The van der Waals surface area contributed by atoms with Gasteiger partial charge in [-0.15, -0.1) is 0 Å². The van der Waals surface area contributed by atoms with Crippen LogP contribution in [0, 0.1) is 0 Å². The van der Waals surface area contributed by atoms with E-state index >= 15 is 0 Å². The number of anilines is 1. The van der Waals surface area contributed by atoms with Gasteiger partial charge in [0.1, 0.15) is 5.82 Å². The Morgan fingerprint density at radius 2 is 1.69 bits per heavy atom. The Labute approximate surface area is 156 Å². The van der Waals surface area contributed by atoms with Gasteiger partial charge in [-0.05, 0) is 17.7 Å². The lowest BCUT2D eigenvalue weighted by molar-refractivity contribution is -0.116. The van der Waals surface area contributed by atoms with Crippen LogP contribution >= 0.6 is 11.6 Å². The molecule has 0 radical (unpaired) electrons. The van der Waals surface area contributed by atoms with Crippen LogP contribution in [0.1, 0.15) is 28.8 Å². The van der Waals surface area contributed by atoms with Crippen LogP contribution < -0.4 is 5.32 Å². The molecule has 3 rings (SSSR count). The number of hydrogen-bond acceptors (Lipinski definition) is 3. The third kappa shape index (κ3) is 4.80. The van der Waals surface area contributed by atoms with E-state index in [1.54, 1.807) is 29.1 Å². The monoisotopic (exact) mass is 367 g/mol. The highest BCUT2D eigenvalue weighted by molar-refractivity contribution is 6.30. The second-order valence-corrected chi connectivity index (χ2v) is 6.27. The predicted octanol–water partition coefficient (Wildman–Crippen LogP) is 4.19. The molecule has 2 aromatic carbocycles. The smallest absolute Gasteiger partial charge is 0.225 e. The zero-order valence-electron chi connectivity index (χ0n) is 14.1. The van der Waals surface area contributed by atoms with Crippen molar-refractivity contribution in [1.29, 1.82) is 0 Å². The molecule has 1 aromatic heterocycles. The maximum absolute atomic E-state index is 12.2. The highest BCUT2D eigenvalue weighted by Gasteiger charge is 2.11. The summed E-state index contributed by atoms with van der Waals surface area (Å²) in [5, 5.41) is 7.72. The summed E-state index contributed by atoms with van der Waals surface area (Å²) in [5.74, 6) is 0.333. The summed E-state index contributed by atoms with van der Waals surface area (Å²) in [4.78, 5) is 24.3. The van der Waals surface area contributed by atoms with Crippen molar-refractivity contribution in [2.24, 2.45) is 0 Å². The molecule has 5 nitrogen and oxygen atoms in total. The fourth-order valence-corrected chi connectivity index (χ4v) is 2.65. The van der Waals surface area contributed by atoms with Gasteiger partial charge in [-0.25, -0.2) is 4.68 Å². The number of carbonyl (C=O) groups excluding carboxylic acids is 2. The highest BCUT2D eigenvalue weighted by atomic mass is 35.5. The molecule has 0 saturated heterocycles. The molecule has 0 bridgehead atoms. The predicted molar refractivity (Wildman–Crippen MR) is 101 cm³/mol. The van der Waals surface area contributed by atoms with Crippen molar-refractivity contribution < 1.29 is 9.59 Å². The molecule has 6 heteroatoms. The van der Waals surface area contributed by atoms with Gasteiger partial charge in [0, 0.05) is 29.5 Å². The zero-order valence-corrected chi connectivity index (χ0v) is 14.8. The Bertz CT molecular complexity index is 889. The lowest BCUT2D eigenvalue weighted by atomic mass is 10.1. The molecule has 0 aliphatic carbocycles. The maximum atomic E-state index is 12.2. The first-order valence-corrected chi connectivity index (χ1v) is 8.64. The summed E-state index contributed by atoms with van der Waals surface area (Å²) < 4.78 is 1.69. The van der Waals surface area contributed by atoms with E-state index in [0.29, 0.717) is 22.9 Å². The van der Waals surface area contributed by atoms with E-state index in [2.05, 4.69) is 10.4 Å². The number of benzene rings is 2. The molecule has 0 atom stereocenters. The number of Topliss-reactive ketones (excluding diaryl/α,β-unsaturated/α-hetero) is 1. The first-order valence-electron chi connectivity index (χ1n) is 8.26. The summed E-state index contributed by atoms with van der Waals surface area (Å²) in [6.45, 7) is 0.517. The molecule has 0 unspecified atom stereocenters. The molecule has 0 aliphatic heterocycles. The van der Waals surface area contributed by atoms with Crippen LogP contribution in [-0.4, -0.2) is 21.5 Å². The molecule has 0 aliphatic rings. The minimum absolute atomic E-state index is 0.0459. The molecule has 0 saturated carbocycles. The summed E-state index contributed by atoms with van der Waals surface area (Å²) in [6, 6.07) is 18.1. The van der Waals surface area contributed by atoms with Crippen LogP contribution in [0.15, 0.2) is 66.9 Å². The first kappa shape index (κ1) is 17.9. The fourth-order valence-electron chi connectivity index (χ4n) is 2.53. The number of halogens is 1. The standard InChI is InChI=1S/C20H18ClN3O2/c21-17-8-6-15(7-9-17)14-24-19(12-13-22-24)23-20(26)11-10-18(25)16-4-2-1-3-5-16/h1-9,12-13H,10-11,14H2,(H,23,26). The van der Waals surface area contributed by atoms with E-state index in [1.165, 1.54) is 0 Å². The van der Waals surface area contributed by atoms with Crippen molar-refractivity contribution in [3.8, 4) is 0 Å². The molecule has 26 heavy (non-hydrogen) atoms. The van der Waals surface area contributed by atoms with Crippen LogP contribution in [-0.2, 0) is 11.3 Å². The third-order valence-electron chi connectivity index (χ3n) is 3.90. The van der Waals surface area contributed by atoms with E-state index in [4.69, 9.17) is 11.6 Å². The van der Waals surface area contributed by atoms with E-state index < -0.39 is 0 Å². The van der Waals surface area contributed by atoms with Gasteiger partial charge in [0.25, 0.3) is 0 Å². The molecule has 1 amide bonds. The fraction of sp³-hybridized carbons (Fsp3) is 0.150. The average Bonchev–Trinajstić information content (AvgIpc) is 3.09. The van der Waals surface area contributed by atoms with Gasteiger partial charge < -0.3 is 5.32 Å². The molecule has 1 N–H and O–H groups in total. The van der Waals surface area contributed by atoms with Gasteiger partial charge in [-0.1, -0.05) is 54.1 Å². The number of carbonyl (C=O) groups is 2. The quantitative estimate of drug-likeness (QED) is 0.637. The van der Waals surface area contributed by atoms with Crippen LogP contribution in [0.4, 0.5) is 5.82 Å². The number of hydrogen-bond donors (Lipinski definition) is 1. The van der Waals surface area contributed by atoms with E-state index in [1.807, 2.05) is 42.5 Å². The topological polar surface area (TPSA) is 64.0 Å². The number of rotatable bonds is 7. The molecule has 0 spiro atoms. The summed E-state index contributed by atoms with van der Waals surface area (Å²) >= 11 is 5.89. The molecule has 3 aromatic rings. The number of aromatic nitrogens is 2. The van der Waals surface area contributed by atoms with Crippen molar-refractivity contribution in [2.45, 2.75) is 19.4 Å². The number of ketones is 1. The summed E-state index contributed by atoms with van der Waals surface area (Å²) in [5.41, 5.74) is 1.64. The minimum Gasteiger partial charge on any atom is -0.311 e. The molecular weight excluding hydrogens is 350 g/mol. The van der Waals surface area contributed by atoms with Crippen LogP contribution in [0.25, 0.3) is 0 Å². The summed E-state index contributed by atoms with van der Waals surface area (Å²) in [6.07, 6.45) is 1.92. The van der Waals surface area contributed by atoms with Crippen LogP contribution in [0.2, 0.25) is 5.02 Å². The molecule has 132 valence electrons. The van der Waals surface area contributed by atoms with Crippen LogP contribution in [0.5, 0.6) is 0 Å². The van der Waals surface area contributed by atoms with Gasteiger partial charge in [0.2, 0.25) is 5.91 Å². The Balaban J connectivity index is 1.56. The number of nitrogens with one attached hydrogen (secondary N) is 1. The second kappa shape index (κ2) is 8.45. The Morgan fingerprint density at radius 1 is 0.962 bits per heavy atom. The van der Waals surface area contributed by atoms with Crippen LogP contribution in [0.3, 0.4) is 0 Å². The largest absolute Gasteiger partial charge is 0.311 e. The van der Waals surface area contributed by atoms with E-state index in [-0.39, 0.29) is 24.5 Å². The normalized spacial score (nSPS) is 10.5. The van der Waals surface area contributed by atoms with Gasteiger partial charge in [0.05, 0.1) is 12.7 Å². The first-order chi connectivity index (χ1) is 12.6. The Hall–Kier alpha value is -2.92. The molecule has 0 fully saturated rings. The summed E-state index contributed by atoms with van der Waals surface area (Å²) in [7, 11) is 0. The lowest BCUT2D eigenvalue weighted by Gasteiger charge is -2.09. The lowest BCUT2D eigenvalue weighted by Crippen LogP contribution is -2.17. The zero-order chi connectivity index (χ0) is 18.4. The average molecular weight is 368 g/mol. The van der Waals surface area contributed by atoms with Crippen molar-refractivity contribution in [1.82, 2.24) is 9.78 Å². The number of amides is 1. The van der Waals surface area contributed by atoms with Crippen molar-refractivity contribution in [3.05, 3.63) is 83.0 Å². The van der Waals surface area contributed by atoms with Gasteiger partial charge in [-0.2, -0.15) is 5.10 Å². The van der Waals surface area contributed by atoms with Crippen molar-refractivity contribution in [3.63, 3.8) is 0 Å². The minimum atomic E-state index is -0.216. The van der Waals surface area contributed by atoms with Gasteiger partial charge in [-0.3, -0.25) is 9.59 Å². The third-order valence-corrected chi connectivity index (χ3v) is 4.16. The van der Waals surface area contributed by atoms with E-state index in [9.17, 15) is 9.59 Å². The van der Waals surface area contributed by atoms with Crippen molar-refractivity contribution in [2.75, 3.05) is 5.32 Å². The number of nitrogens with zero attached hydrogens (tertiary/aromatic N) is 2. The SMILES string of the molecule is O=C(CCC(=O)c1ccccc1)Nc1ccnn1Cc1ccc(Cl)cc1. The van der Waals surface area contributed by atoms with Crippen molar-refractivity contribution >= 4 is 29.1 Å². The highest BCUT2D eigenvalue weighted by Crippen LogP contribution is 2.14. The Morgan fingerprint density at radius 3 is 2.42 bits per heavy atom. The van der Waals surface area contributed by atoms with Gasteiger partial charge >= 0.3 is 0 Å². The molecular formula is C20H18ClN3O2. The second-order valence-electron chi connectivity index (χ2n) is 5.84.